The van der Waals surface area contributed by atoms with E-state index >= 15 is 4.39 Å². The van der Waals surface area contributed by atoms with Crippen LogP contribution < -0.4 is 9.03 Å². The quantitative estimate of drug-likeness (QED) is 0.798. The van der Waals surface area contributed by atoms with E-state index in [9.17, 15) is 18.3 Å². The van der Waals surface area contributed by atoms with Gasteiger partial charge in [-0.3, -0.25) is 9.48 Å². The van der Waals surface area contributed by atoms with Crippen LogP contribution in [0.4, 0.5) is 10.1 Å². The highest BCUT2D eigenvalue weighted by Crippen LogP contribution is 2.38. The molecule has 9 nitrogen and oxygen atoms in total. The Hall–Kier alpha value is -2.66. The van der Waals surface area contributed by atoms with Gasteiger partial charge in [-0.25, -0.2) is 13.4 Å². The number of phenolic OH excluding ortho intramolecular Hbond substituents is 1. The van der Waals surface area contributed by atoms with Crippen molar-refractivity contribution in [2.24, 2.45) is 0 Å². The van der Waals surface area contributed by atoms with Crippen LogP contribution in [0.3, 0.4) is 0 Å². The summed E-state index contributed by atoms with van der Waals surface area (Å²) < 4.78 is 48.6. The fourth-order valence-electron chi connectivity index (χ4n) is 3.27. The Morgan fingerprint density at radius 1 is 1.37 bits per heavy atom. The number of nitrogens with zero attached hydrogens (tertiary/aromatic N) is 3. The van der Waals surface area contributed by atoms with Crippen LogP contribution in [-0.4, -0.2) is 49.0 Å². The number of phenols is 1. The Kier molecular flexibility index (Phi) is 4.27. The summed E-state index contributed by atoms with van der Waals surface area (Å²) in [6.45, 7) is 0.622. The molecule has 144 valence electrons. The zero-order valence-electron chi connectivity index (χ0n) is 14.1. The van der Waals surface area contributed by atoms with E-state index in [0.717, 1.165) is 12.8 Å². The van der Waals surface area contributed by atoms with Gasteiger partial charge in [0.15, 0.2) is 5.82 Å². The molecule has 2 fully saturated rings. The van der Waals surface area contributed by atoms with Gasteiger partial charge in [0.25, 0.3) is 5.91 Å². The maximum Gasteiger partial charge on any atom is 0.326 e. The summed E-state index contributed by atoms with van der Waals surface area (Å²) in [4.78, 5) is 11.4. The first-order chi connectivity index (χ1) is 12.9. The molecular formula is C16H17FN4O5S. The van der Waals surface area contributed by atoms with Gasteiger partial charge < -0.3 is 9.84 Å². The molecule has 2 aliphatic rings. The van der Waals surface area contributed by atoms with E-state index in [4.69, 9.17) is 4.74 Å². The van der Waals surface area contributed by atoms with Gasteiger partial charge >= 0.3 is 10.2 Å². The number of carbonyl (C=O) groups excluding carboxylic acids is 1. The number of amides is 1. The highest BCUT2D eigenvalue weighted by atomic mass is 32.2. The number of aromatic hydroxyl groups is 1. The summed E-state index contributed by atoms with van der Waals surface area (Å²) in [5, 5.41) is 14.3. The number of hydrogen-bond donors (Lipinski definition) is 2. The monoisotopic (exact) mass is 396 g/mol. The van der Waals surface area contributed by atoms with Crippen LogP contribution in [-0.2, 0) is 19.7 Å². The summed E-state index contributed by atoms with van der Waals surface area (Å²) in [6, 6.07) is 2.57. The molecule has 4 rings (SSSR count). The molecule has 2 saturated heterocycles. The SMILES string of the molecule is O=C1CN(c2c(O)ccc(-c3cnn(C4CCCOC4)c3)c2F)S(=O)(=O)N1. The average Bonchev–Trinajstić information content (AvgIpc) is 3.20. The minimum absolute atomic E-state index is 0.0490. The van der Waals surface area contributed by atoms with Crippen molar-refractivity contribution in [1.82, 2.24) is 14.5 Å². The van der Waals surface area contributed by atoms with Gasteiger partial charge in [0, 0.05) is 23.9 Å². The van der Waals surface area contributed by atoms with Gasteiger partial charge in [-0.2, -0.15) is 13.5 Å². The zero-order chi connectivity index (χ0) is 19.2. The zero-order valence-corrected chi connectivity index (χ0v) is 14.9. The normalized spacial score (nSPS) is 22.0. The smallest absolute Gasteiger partial charge is 0.326 e. The molecule has 2 N–H and O–H groups in total. The molecule has 2 aliphatic heterocycles. The van der Waals surface area contributed by atoms with E-state index in [0.29, 0.717) is 23.1 Å². The first-order valence-corrected chi connectivity index (χ1v) is 9.78. The third kappa shape index (κ3) is 3.12. The summed E-state index contributed by atoms with van der Waals surface area (Å²) >= 11 is 0. The highest BCUT2D eigenvalue weighted by molar-refractivity contribution is 7.92. The molecule has 0 saturated carbocycles. The molecule has 1 aromatic carbocycles. The molecule has 11 heteroatoms. The van der Waals surface area contributed by atoms with Gasteiger partial charge in [-0.05, 0) is 25.0 Å². The third-order valence-electron chi connectivity index (χ3n) is 4.59. The molecule has 27 heavy (non-hydrogen) atoms. The summed E-state index contributed by atoms with van der Waals surface area (Å²) in [7, 11) is -4.25. The predicted molar refractivity (Wildman–Crippen MR) is 92.8 cm³/mol. The predicted octanol–water partition coefficient (Wildman–Crippen LogP) is 0.927. The van der Waals surface area contributed by atoms with Gasteiger partial charge in [-0.15, -0.1) is 0 Å². The van der Waals surface area contributed by atoms with Crippen molar-refractivity contribution in [1.29, 1.82) is 0 Å². The lowest BCUT2D eigenvalue weighted by Crippen LogP contribution is -2.30. The molecular weight excluding hydrogens is 379 g/mol. The standard InChI is InChI=1S/C16H17FN4O5S/c17-15-12(10-6-18-20(7-10)11-2-1-5-26-9-11)3-4-13(22)16(15)21-8-14(23)19-27(21,24)25/h3-4,6-7,11,22H,1-2,5,8-9H2,(H,19,23). The first-order valence-electron chi connectivity index (χ1n) is 8.34. The van der Waals surface area contributed by atoms with Crippen LogP contribution in [0.25, 0.3) is 11.1 Å². The lowest BCUT2D eigenvalue weighted by atomic mass is 10.1. The molecule has 0 radical (unpaired) electrons. The van der Waals surface area contributed by atoms with E-state index in [-0.39, 0.29) is 11.6 Å². The Bertz CT molecular complexity index is 1000. The van der Waals surface area contributed by atoms with Gasteiger partial charge in [0.2, 0.25) is 0 Å². The Balaban J connectivity index is 1.73. The Morgan fingerprint density at radius 2 is 2.19 bits per heavy atom. The molecule has 1 aromatic heterocycles. The fourth-order valence-corrected chi connectivity index (χ4v) is 4.43. The third-order valence-corrected chi connectivity index (χ3v) is 5.96. The van der Waals surface area contributed by atoms with Crippen molar-refractivity contribution in [2.45, 2.75) is 18.9 Å². The van der Waals surface area contributed by atoms with Crippen LogP contribution >= 0.6 is 0 Å². The number of benzene rings is 1. The fraction of sp³-hybridized carbons (Fsp3) is 0.375. The Labute approximate surface area is 154 Å². The summed E-state index contributed by atoms with van der Waals surface area (Å²) in [5.41, 5.74) is -0.0740. The van der Waals surface area contributed by atoms with Crippen LogP contribution in [0, 0.1) is 5.82 Å². The Morgan fingerprint density at radius 3 is 2.85 bits per heavy atom. The van der Waals surface area contributed by atoms with E-state index in [1.165, 1.54) is 18.3 Å². The topological polar surface area (TPSA) is 114 Å². The maximum atomic E-state index is 15.1. The second kappa shape index (κ2) is 6.50. The van der Waals surface area contributed by atoms with Crippen LogP contribution in [0.5, 0.6) is 5.75 Å². The lowest BCUT2D eigenvalue weighted by molar-refractivity contribution is -0.117. The molecule has 0 bridgehead atoms. The molecule has 0 spiro atoms. The van der Waals surface area contributed by atoms with Gasteiger partial charge in [0.1, 0.15) is 18.0 Å². The van der Waals surface area contributed by atoms with Crippen molar-refractivity contribution in [3.8, 4) is 16.9 Å². The van der Waals surface area contributed by atoms with Gasteiger partial charge in [0.05, 0.1) is 18.8 Å². The first kappa shape index (κ1) is 17.7. The number of halogens is 1. The number of hydrogen-bond acceptors (Lipinski definition) is 6. The van der Waals surface area contributed by atoms with Crippen LogP contribution in [0.1, 0.15) is 18.9 Å². The number of nitrogens with one attached hydrogen (secondary N) is 1. The van der Waals surface area contributed by atoms with Crippen molar-refractivity contribution >= 4 is 21.8 Å². The average molecular weight is 396 g/mol. The lowest BCUT2D eigenvalue weighted by Gasteiger charge is -2.22. The van der Waals surface area contributed by atoms with E-state index < -0.39 is 39.9 Å². The second-order valence-electron chi connectivity index (χ2n) is 6.41. The minimum atomic E-state index is -4.25. The largest absolute Gasteiger partial charge is 0.506 e. The molecule has 1 unspecified atom stereocenters. The van der Waals surface area contributed by atoms with E-state index in [1.54, 1.807) is 15.6 Å². The van der Waals surface area contributed by atoms with Crippen molar-refractivity contribution in [3.05, 3.63) is 30.3 Å². The van der Waals surface area contributed by atoms with Crippen LogP contribution in [0.15, 0.2) is 24.5 Å². The minimum Gasteiger partial charge on any atom is -0.506 e. The summed E-state index contributed by atoms with van der Waals surface area (Å²) in [6.07, 6.45) is 4.92. The highest BCUT2D eigenvalue weighted by Gasteiger charge is 2.38. The molecule has 3 heterocycles. The van der Waals surface area contributed by atoms with Crippen molar-refractivity contribution in [2.75, 3.05) is 24.1 Å². The van der Waals surface area contributed by atoms with E-state index in [1.807, 2.05) is 0 Å². The molecule has 1 amide bonds. The molecule has 0 aliphatic carbocycles. The number of anilines is 1. The van der Waals surface area contributed by atoms with Crippen molar-refractivity contribution < 1.29 is 27.4 Å². The van der Waals surface area contributed by atoms with Crippen LogP contribution in [0.2, 0.25) is 0 Å². The maximum absolute atomic E-state index is 15.1. The molecule has 2 aromatic rings. The number of aromatic nitrogens is 2. The van der Waals surface area contributed by atoms with Crippen molar-refractivity contribution in [3.63, 3.8) is 0 Å². The number of ether oxygens (including phenoxy) is 1. The number of carbonyl (C=O) groups is 1. The van der Waals surface area contributed by atoms with E-state index in [2.05, 4.69) is 5.10 Å². The summed E-state index contributed by atoms with van der Waals surface area (Å²) in [5.74, 6) is -2.33. The molecule has 1 atom stereocenters. The number of rotatable bonds is 3. The van der Waals surface area contributed by atoms with Gasteiger partial charge in [-0.1, -0.05) is 0 Å². The second-order valence-corrected chi connectivity index (χ2v) is 8.01.